The molecule has 0 aliphatic carbocycles. The van der Waals surface area contributed by atoms with Gasteiger partial charge < -0.3 is 15.4 Å². The number of para-hydroxylation sites is 1. The highest BCUT2D eigenvalue weighted by molar-refractivity contribution is 5.50. The number of rotatable bonds is 7. The standard InChI is InChI=1S/C22H27N3O/c1-24-22-5-3-2-4-19(22)11-13-21-16-25-15-20(26-21)12-10-17-6-8-18(14-23)9-7-17/h2-9,20-21,24-25H,10-13,15-16H2,1H3/t20-,21-/m1/s1. The molecule has 0 unspecified atom stereocenters. The van der Waals surface area contributed by atoms with E-state index in [-0.39, 0.29) is 12.2 Å². The van der Waals surface area contributed by atoms with Crippen LogP contribution >= 0.6 is 0 Å². The monoisotopic (exact) mass is 349 g/mol. The Labute approximate surface area is 156 Å². The fraction of sp³-hybridized carbons (Fsp3) is 0.409. The summed E-state index contributed by atoms with van der Waals surface area (Å²) in [7, 11) is 1.97. The van der Waals surface area contributed by atoms with E-state index in [1.54, 1.807) is 0 Å². The van der Waals surface area contributed by atoms with Gasteiger partial charge in [-0.05, 0) is 55.0 Å². The van der Waals surface area contributed by atoms with Crippen LogP contribution in [-0.2, 0) is 17.6 Å². The zero-order valence-electron chi connectivity index (χ0n) is 15.4. The van der Waals surface area contributed by atoms with Gasteiger partial charge in [0.1, 0.15) is 0 Å². The molecule has 136 valence electrons. The van der Waals surface area contributed by atoms with Gasteiger partial charge in [0.25, 0.3) is 0 Å². The van der Waals surface area contributed by atoms with Gasteiger partial charge in [-0.1, -0.05) is 30.3 Å². The number of aryl methyl sites for hydroxylation is 2. The molecule has 2 atom stereocenters. The molecule has 1 heterocycles. The van der Waals surface area contributed by atoms with E-state index in [1.165, 1.54) is 16.8 Å². The largest absolute Gasteiger partial charge is 0.388 e. The minimum atomic E-state index is 0.254. The summed E-state index contributed by atoms with van der Waals surface area (Å²) < 4.78 is 6.31. The fourth-order valence-electron chi connectivity index (χ4n) is 3.49. The summed E-state index contributed by atoms with van der Waals surface area (Å²) >= 11 is 0. The second-order valence-corrected chi connectivity index (χ2v) is 6.83. The Kier molecular flexibility index (Phi) is 6.65. The minimum absolute atomic E-state index is 0.254. The molecule has 0 bridgehead atoms. The molecule has 2 aromatic rings. The van der Waals surface area contributed by atoms with Crippen molar-refractivity contribution in [3.8, 4) is 6.07 Å². The second kappa shape index (κ2) is 9.38. The molecule has 4 nitrogen and oxygen atoms in total. The summed E-state index contributed by atoms with van der Waals surface area (Å²) in [6.45, 7) is 1.84. The Bertz CT molecular complexity index is 736. The molecule has 0 amide bonds. The molecule has 0 aromatic heterocycles. The van der Waals surface area contributed by atoms with Gasteiger partial charge in [0.05, 0.1) is 23.8 Å². The number of nitrogens with one attached hydrogen (secondary N) is 2. The van der Waals surface area contributed by atoms with Crippen LogP contribution in [0.25, 0.3) is 0 Å². The third kappa shape index (κ3) is 5.08. The number of hydrogen-bond donors (Lipinski definition) is 2. The molecule has 0 radical (unpaired) electrons. The molecule has 2 aromatic carbocycles. The highest BCUT2D eigenvalue weighted by Crippen LogP contribution is 2.20. The highest BCUT2D eigenvalue weighted by Gasteiger charge is 2.22. The molecule has 1 aliphatic heterocycles. The lowest BCUT2D eigenvalue weighted by Crippen LogP contribution is -2.45. The van der Waals surface area contributed by atoms with Crippen LogP contribution in [0.5, 0.6) is 0 Å². The quantitative estimate of drug-likeness (QED) is 0.803. The normalized spacial score (nSPS) is 19.7. The Balaban J connectivity index is 1.47. The maximum atomic E-state index is 8.87. The van der Waals surface area contributed by atoms with Gasteiger partial charge in [-0.25, -0.2) is 0 Å². The fourth-order valence-corrected chi connectivity index (χ4v) is 3.49. The lowest BCUT2D eigenvalue weighted by atomic mass is 10.0. The van der Waals surface area contributed by atoms with E-state index >= 15 is 0 Å². The molecule has 1 saturated heterocycles. The molecule has 26 heavy (non-hydrogen) atoms. The molecule has 2 N–H and O–H groups in total. The zero-order chi connectivity index (χ0) is 18.2. The molecule has 4 heteroatoms. The van der Waals surface area contributed by atoms with Crippen molar-refractivity contribution in [3.63, 3.8) is 0 Å². The summed E-state index contributed by atoms with van der Waals surface area (Å²) in [5, 5.41) is 15.7. The first-order chi connectivity index (χ1) is 12.8. The van der Waals surface area contributed by atoms with E-state index in [9.17, 15) is 0 Å². The van der Waals surface area contributed by atoms with Crippen molar-refractivity contribution in [1.82, 2.24) is 5.32 Å². The van der Waals surface area contributed by atoms with E-state index in [1.807, 2.05) is 31.3 Å². The summed E-state index contributed by atoms with van der Waals surface area (Å²) in [4.78, 5) is 0. The topological polar surface area (TPSA) is 57.1 Å². The summed E-state index contributed by atoms with van der Waals surface area (Å²) in [5.41, 5.74) is 4.52. The zero-order valence-corrected chi connectivity index (χ0v) is 15.4. The molecular formula is C22H27N3O. The predicted octanol–water partition coefficient (Wildman–Crippen LogP) is 3.52. The van der Waals surface area contributed by atoms with Gasteiger partial charge in [0.15, 0.2) is 0 Å². The Morgan fingerprint density at radius 1 is 1.04 bits per heavy atom. The summed E-state index contributed by atoms with van der Waals surface area (Å²) in [6.07, 6.45) is 4.55. The van der Waals surface area contributed by atoms with Crippen molar-refractivity contribution < 1.29 is 4.74 Å². The van der Waals surface area contributed by atoms with Crippen LogP contribution < -0.4 is 10.6 Å². The summed E-state index contributed by atoms with van der Waals surface area (Å²) in [6, 6.07) is 18.5. The van der Waals surface area contributed by atoms with Crippen molar-refractivity contribution in [1.29, 1.82) is 5.26 Å². The third-order valence-electron chi connectivity index (χ3n) is 4.99. The van der Waals surface area contributed by atoms with E-state index in [0.29, 0.717) is 5.56 Å². The number of morpholine rings is 1. The Morgan fingerprint density at radius 3 is 2.42 bits per heavy atom. The average molecular weight is 349 g/mol. The number of anilines is 1. The van der Waals surface area contributed by atoms with Crippen LogP contribution in [0, 0.1) is 11.3 Å². The predicted molar refractivity (Wildman–Crippen MR) is 105 cm³/mol. The molecule has 1 aliphatic rings. The van der Waals surface area contributed by atoms with Crippen molar-refractivity contribution in [3.05, 3.63) is 65.2 Å². The van der Waals surface area contributed by atoms with Crippen LogP contribution in [0.15, 0.2) is 48.5 Å². The van der Waals surface area contributed by atoms with Gasteiger partial charge in [0, 0.05) is 25.8 Å². The minimum Gasteiger partial charge on any atom is -0.388 e. The smallest absolute Gasteiger partial charge is 0.0991 e. The Morgan fingerprint density at radius 2 is 1.73 bits per heavy atom. The van der Waals surface area contributed by atoms with Crippen molar-refractivity contribution in [2.45, 2.75) is 37.9 Å². The lowest BCUT2D eigenvalue weighted by Gasteiger charge is -2.31. The van der Waals surface area contributed by atoms with Crippen LogP contribution in [0.2, 0.25) is 0 Å². The molecule has 0 spiro atoms. The van der Waals surface area contributed by atoms with Crippen molar-refractivity contribution >= 4 is 5.69 Å². The molecule has 3 rings (SSSR count). The third-order valence-corrected chi connectivity index (χ3v) is 4.99. The van der Waals surface area contributed by atoms with Gasteiger partial charge in [0.2, 0.25) is 0 Å². The van der Waals surface area contributed by atoms with Gasteiger partial charge in [-0.15, -0.1) is 0 Å². The van der Waals surface area contributed by atoms with E-state index in [2.05, 4.69) is 41.0 Å². The van der Waals surface area contributed by atoms with Crippen molar-refractivity contribution in [2.24, 2.45) is 0 Å². The van der Waals surface area contributed by atoms with Gasteiger partial charge in [-0.3, -0.25) is 0 Å². The first-order valence-corrected chi connectivity index (χ1v) is 9.39. The van der Waals surface area contributed by atoms with Gasteiger partial charge >= 0.3 is 0 Å². The maximum absolute atomic E-state index is 8.87. The number of hydrogen-bond acceptors (Lipinski definition) is 4. The van der Waals surface area contributed by atoms with Gasteiger partial charge in [-0.2, -0.15) is 5.26 Å². The number of nitrogens with zero attached hydrogens (tertiary/aromatic N) is 1. The molecule has 0 saturated carbocycles. The molecule has 1 fully saturated rings. The first kappa shape index (κ1) is 18.4. The lowest BCUT2D eigenvalue weighted by molar-refractivity contribution is -0.0434. The van der Waals surface area contributed by atoms with Crippen LogP contribution in [0.3, 0.4) is 0 Å². The van der Waals surface area contributed by atoms with Crippen LogP contribution in [-0.4, -0.2) is 32.3 Å². The average Bonchev–Trinajstić information content (AvgIpc) is 2.71. The highest BCUT2D eigenvalue weighted by atomic mass is 16.5. The molecular weight excluding hydrogens is 322 g/mol. The van der Waals surface area contributed by atoms with E-state index < -0.39 is 0 Å². The van der Waals surface area contributed by atoms with Crippen LogP contribution in [0.1, 0.15) is 29.5 Å². The second-order valence-electron chi connectivity index (χ2n) is 6.83. The van der Waals surface area contributed by atoms with Crippen LogP contribution in [0.4, 0.5) is 5.69 Å². The first-order valence-electron chi connectivity index (χ1n) is 9.39. The summed E-state index contributed by atoms with van der Waals surface area (Å²) in [5.74, 6) is 0. The number of nitriles is 1. The number of benzene rings is 2. The van der Waals surface area contributed by atoms with Crippen molar-refractivity contribution in [2.75, 3.05) is 25.5 Å². The SMILES string of the molecule is CNc1ccccc1CC[C@@H]1CNC[C@@H](CCc2ccc(C#N)cc2)O1. The number of ether oxygens (including phenoxy) is 1. The maximum Gasteiger partial charge on any atom is 0.0991 e. The van der Waals surface area contributed by atoms with E-state index in [4.69, 9.17) is 10.00 Å². The van der Waals surface area contributed by atoms with E-state index in [0.717, 1.165) is 38.8 Å². The Hall–Kier alpha value is -2.35.